The number of hydrogen-bond donors (Lipinski definition) is 2. The Morgan fingerprint density at radius 3 is 2.81 bits per heavy atom. The van der Waals surface area contributed by atoms with Gasteiger partial charge < -0.3 is 15.7 Å². The maximum atomic E-state index is 9.09. The van der Waals surface area contributed by atoms with Gasteiger partial charge in [-0.2, -0.15) is 0 Å². The minimum atomic E-state index is -0.101. The van der Waals surface area contributed by atoms with E-state index in [9.17, 15) is 0 Å². The topological polar surface area (TPSA) is 71.1 Å². The summed E-state index contributed by atoms with van der Waals surface area (Å²) in [6.07, 6.45) is 1.25. The second-order valence-corrected chi connectivity index (χ2v) is 5.65. The van der Waals surface area contributed by atoms with Crippen molar-refractivity contribution in [2.24, 2.45) is 10.9 Å². The fourth-order valence-electron chi connectivity index (χ4n) is 2.87. The number of amidine groups is 1. The van der Waals surface area contributed by atoms with Crippen molar-refractivity contribution < 1.29 is 9.94 Å². The first kappa shape index (κ1) is 15.8. The number of ether oxygens (including phenoxy) is 1. The summed E-state index contributed by atoms with van der Waals surface area (Å²) in [5.74, 6) is 0.158. The first-order valence-electron chi connectivity index (χ1n) is 7.53. The van der Waals surface area contributed by atoms with E-state index in [0.29, 0.717) is 6.04 Å². The number of morpholine rings is 1. The molecule has 1 aromatic rings. The van der Waals surface area contributed by atoms with Crippen LogP contribution in [0.3, 0.4) is 0 Å². The molecule has 0 bridgehead atoms. The van der Waals surface area contributed by atoms with Gasteiger partial charge in [-0.05, 0) is 18.9 Å². The van der Waals surface area contributed by atoms with Gasteiger partial charge in [-0.1, -0.05) is 42.4 Å². The third-order valence-electron chi connectivity index (χ3n) is 4.14. The molecule has 1 heterocycles. The Kier molecular flexibility index (Phi) is 5.59. The van der Waals surface area contributed by atoms with E-state index >= 15 is 0 Å². The van der Waals surface area contributed by atoms with Gasteiger partial charge in [0.25, 0.3) is 0 Å². The molecule has 21 heavy (non-hydrogen) atoms. The van der Waals surface area contributed by atoms with Gasteiger partial charge in [0, 0.05) is 19.1 Å². The number of nitrogens with zero attached hydrogens (tertiary/aromatic N) is 2. The molecule has 0 radical (unpaired) electrons. The lowest BCUT2D eigenvalue weighted by molar-refractivity contribution is -0.0560. The minimum absolute atomic E-state index is 0.101. The van der Waals surface area contributed by atoms with Crippen molar-refractivity contribution in [1.82, 2.24) is 4.90 Å². The predicted molar refractivity (Wildman–Crippen MR) is 83.7 cm³/mol. The first-order chi connectivity index (χ1) is 10.2. The Bertz CT molecular complexity index is 464. The van der Waals surface area contributed by atoms with Crippen molar-refractivity contribution in [3.63, 3.8) is 0 Å². The molecular formula is C16H25N3O2. The lowest BCUT2D eigenvalue weighted by atomic mass is 9.96. The summed E-state index contributed by atoms with van der Waals surface area (Å²) < 4.78 is 5.73. The highest BCUT2D eigenvalue weighted by atomic mass is 16.5. The summed E-state index contributed by atoms with van der Waals surface area (Å²) in [5, 5.41) is 12.3. The number of benzene rings is 1. The number of hydrogen-bond acceptors (Lipinski definition) is 4. The van der Waals surface area contributed by atoms with Gasteiger partial charge in [-0.25, -0.2) is 0 Å². The molecule has 3 unspecified atom stereocenters. The normalized spacial score (nSPS) is 25.7. The zero-order valence-electron chi connectivity index (χ0n) is 12.8. The van der Waals surface area contributed by atoms with Crippen LogP contribution in [0.5, 0.6) is 0 Å². The largest absolute Gasteiger partial charge is 0.409 e. The maximum Gasteiger partial charge on any atom is 0.147 e. The van der Waals surface area contributed by atoms with Crippen LogP contribution in [0.4, 0.5) is 0 Å². The van der Waals surface area contributed by atoms with Crippen molar-refractivity contribution in [1.29, 1.82) is 0 Å². The van der Waals surface area contributed by atoms with Crippen molar-refractivity contribution in [3.05, 3.63) is 35.9 Å². The van der Waals surface area contributed by atoms with Crippen LogP contribution in [-0.4, -0.2) is 47.8 Å². The second-order valence-electron chi connectivity index (χ2n) is 5.65. The summed E-state index contributed by atoms with van der Waals surface area (Å²) in [4.78, 5) is 2.39. The minimum Gasteiger partial charge on any atom is -0.409 e. The zero-order chi connectivity index (χ0) is 15.2. The van der Waals surface area contributed by atoms with Crippen LogP contribution in [-0.2, 0) is 4.74 Å². The van der Waals surface area contributed by atoms with E-state index in [1.165, 1.54) is 0 Å². The van der Waals surface area contributed by atoms with E-state index in [2.05, 4.69) is 23.9 Å². The fourth-order valence-corrected chi connectivity index (χ4v) is 2.87. The molecule has 3 N–H and O–H groups in total. The fraction of sp³-hybridized carbons (Fsp3) is 0.562. The van der Waals surface area contributed by atoms with Crippen LogP contribution in [0.2, 0.25) is 0 Å². The molecule has 1 saturated heterocycles. The van der Waals surface area contributed by atoms with Crippen molar-refractivity contribution in [3.8, 4) is 0 Å². The van der Waals surface area contributed by atoms with E-state index in [4.69, 9.17) is 15.7 Å². The Morgan fingerprint density at radius 1 is 1.48 bits per heavy atom. The Labute approximate surface area is 126 Å². The Hall–Kier alpha value is -1.59. The standard InChI is InChI=1S/C16H25N3O2/c1-3-14-11-21-12(2)9-19(14)10-15(16(17)18-20)13-7-5-4-6-8-13/h4-8,12,14-15,20H,3,9-11H2,1-2H3,(H2,17,18). The van der Waals surface area contributed by atoms with Gasteiger partial charge in [0.15, 0.2) is 0 Å². The third kappa shape index (κ3) is 3.95. The smallest absolute Gasteiger partial charge is 0.147 e. The molecule has 0 aliphatic carbocycles. The molecule has 1 aromatic carbocycles. The summed E-state index contributed by atoms with van der Waals surface area (Å²) in [6, 6.07) is 10.4. The average Bonchev–Trinajstić information content (AvgIpc) is 2.53. The lowest BCUT2D eigenvalue weighted by Gasteiger charge is -2.40. The molecular weight excluding hydrogens is 266 g/mol. The SMILES string of the molecule is CCC1COC(C)CN1CC(C(N)=NO)c1ccccc1. The van der Waals surface area contributed by atoms with Crippen LogP contribution in [0, 0.1) is 0 Å². The quantitative estimate of drug-likeness (QED) is 0.377. The number of oxime groups is 1. The zero-order valence-corrected chi connectivity index (χ0v) is 12.8. The highest BCUT2D eigenvalue weighted by molar-refractivity contribution is 5.87. The van der Waals surface area contributed by atoms with Crippen LogP contribution >= 0.6 is 0 Å². The molecule has 0 aromatic heterocycles. The average molecular weight is 291 g/mol. The maximum absolute atomic E-state index is 9.09. The number of nitrogens with two attached hydrogens (primary N) is 1. The van der Waals surface area contributed by atoms with E-state index < -0.39 is 0 Å². The van der Waals surface area contributed by atoms with Gasteiger partial charge >= 0.3 is 0 Å². The predicted octanol–water partition coefficient (Wildman–Crippen LogP) is 2.02. The molecule has 1 aliphatic heterocycles. The summed E-state index contributed by atoms with van der Waals surface area (Å²) in [5.41, 5.74) is 7.00. The molecule has 1 aliphatic rings. The molecule has 1 fully saturated rings. The summed E-state index contributed by atoms with van der Waals surface area (Å²) in [6.45, 7) is 6.61. The van der Waals surface area contributed by atoms with Gasteiger partial charge in [0.05, 0.1) is 18.6 Å². The number of rotatable bonds is 5. The van der Waals surface area contributed by atoms with E-state index in [-0.39, 0.29) is 17.9 Å². The summed E-state index contributed by atoms with van der Waals surface area (Å²) in [7, 11) is 0. The molecule has 0 amide bonds. The van der Waals surface area contributed by atoms with Gasteiger partial charge in [-0.3, -0.25) is 4.90 Å². The monoisotopic (exact) mass is 291 g/mol. The molecule has 116 valence electrons. The molecule has 2 rings (SSSR count). The van der Waals surface area contributed by atoms with E-state index in [1.807, 2.05) is 30.3 Å². The highest BCUT2D eigenvalue weighted by Crippen LogP contribution is 2.22. The molecule has 5 heteroatoms. The van der Waals surface area contributed by atoms with Gasteiger partial charge in [-0.15, -0.1) is 0 Å². The van der Waals surface area contributed by atoms with Crippen LogP contribution in [0.25, 0.3) is 0 Å². The highest BCUT2D eigenvalue weighted by Gasteiger charge is 2.29. The molecule has 0 saturated carbocycles. The molecule has 5 nitrogen and oxygen atoms in total. The van der Waals surface area contributed by atoms with Gasteiger partial charge in [0.1, 0.15) is 5.84 Å². The first-order valence-corrected chi connectivity index (χ1v) is 7.53. The lowest BCUT2D eigenvalue weighted by Crippen LogP contribution is -2.51. The van der Waals surface area contributed by atoms with Crippen molar-refractivity contribution in [2.75, 3.05) is 19.7 Å². The molecule has 3 atom stereocenters. The van der Waals surface area contributed by atoms with E-state index in [0.717, 1.165) is 31.7 Å². The Balaban J connectivity index is 2.18. The van der Waals surface area contributed by atoms with Gasteiger partial charge in [0.2, 0.25) is 0 Å². The van der Waals surface area contributed by atoms with Crippen LogP contribution < -0.4 is 5.73 Å². The second kappa shape index (κ2) is 7.43. The van der Waals surface area contributed by atoms with E-state index in [1.54, 1.807) is 0 Å². The summed E-state index contributed by atoms with van der Waals surface area (Å²) >= 11 is 0. The Morgan fingerprint density at radius 2 is 2.19 bits per heavy atom. The molecule has 0 spiro atoms. The van der Waals surface area contributed by atoms with Crippen LogP contribution in [0.1, 0.15) is 31.7 Å². The van der Waals surface area contributed by atoms with Crippen LogP contribution in [0.15, 0.2) is 35.5 Å². The third-order valence-corrected chi connectivity index (χ3v) is 4.14. The van der Waals surface area contributed by atoms with Crippen molar-refractivity contribution in [2.45, 2.75) is 38.3 Å². The van der Waals surface area contributed by atoms with Crippen molar-refractivity contribution >= 4 is 5.84 Å².